The van der Waals surface area contributed by atoms with E-state index >= 15 is 0 Å². The molecule has 0 radical (unpaired) electrons. The SMILES string of the molecule is CC1(C)CCCN1C(=O)COC1CNC1.Cl. The van der Waals surface area contributed by atoms with Crippen LogP contribution in [0.5, 0.6) is 0 Å². The fourth-order valence-corrected chi connectivity index (χ4v) is 2.22. The molecule has 2 saturated heterocycles. The van der Waals surface area contributed by atoms with E-state index in [2.05, 4.69) is 19.2 Å². The number of carbonyl (C=O) groups excluding carboxylic acids is 1. The van der Waals surface area contributed by atoms with Gasteiger partial charge in [-0.2, -0.15) is 0 Å². The highest BCUT2D eigenvalue weighted by Gasteiger charge is 2.35. The van der Waals surface area contributed by atoms with E-state index in [1.54, 1.807) is 0 Å². The molecule has 2 fully saturated rings. The summed E-state index contributed by atoms with van der Waals surface area (Å²) < 4.78 is 5.49. The first-order valence-corrected chi connectivity index (χ1v) is 5.72. The van der Waals surface area contributed by atoms with Crippen molar-refractivity contribution >= 4 is 18.3 Å². The van der Waals surface area contributed by atoms with E-state index in [-0.39, 0.29) is 36.6 Å². The van der Waals surface area contributed by atoms with E-state index in [1.165, 1.54) is 0 Å². The number of amides is 1. The Kier molecular flexibility index (Phi) is 4.59. The van der Waals surface area contributed by atoms with Gasteiger partial charge in [-0.1, -0.05) is 0 Å². The molecule has 0 unspecified atom stereocenters. The Morgan fingerprint density at radius 1 is 1.50 bits per heavy atom. The van der Waals surface area contributed by atoms with Crippen molar-refractivity contribution in [2.24, 2.45) is 0 Å². The third-order valence-corrected chi connectivity index (χ3v) is 3.39. The number of carbonyl (C=O) groups is 1. The Morgan fingerprint density at radius 2 is 2.19 bits per heavy atom. The van der Waals surface area contributed by atoms with Crippen molar-refractivity contribution in [3.63, 3.8) is 0 Å². The van der Waals surface area contributed by atoms with Crippen LogP contribution in [0.4, 0.5) is 0 Å². The lowest BCUT2D eigenvalue weighted by Crippen LogP contribution is -2.51. The number of likely N-dealkylation sites (tertiary alicyclic amines) is 1. The molecule has 0 aromatic heterocycles. The van der Waals surface area contributed by atoms with Crippen LogP contribution in [0.2, 0.25) is 0 Å². The minimum absolute atomic E-state index is 0. The molecule has 0 bridgehead atoms. The first-order valence-electron chi connectivity index (χ1n) is 5.72. The van der Waals surface area contributed by atoms with Gasteiger partial charge in [-0.3, -0.25) is 4.79 Å². The zero-order valence-corrected chi connectivity index (χ0v) is 10.8. The van der Waals surface area contributed by atoms with Gasteiger partial charge in [0.1, 0.15) is 6.61 Å². The first-order chi connectivity index (χ1) is 7.09. The molecule has 0 saturated carbocycles. The highest BCUT2D eigenvalue weighted by atomic mass is 35.5. The fraction of sp³-hybridized carbons (Fsp3) is 0.909. The lowest BCUT2D eigenvalue weighted by atomic mass is 10.0. The lowest BCUT2D eigenvalue weighted by molar-refractivity contribution is -0.142. The zero-order chi connectivity index (χ0) is 10.9. The molecule has 5 heteroatoms. The number of nitrogens with zero attached hydrogens (tertiary/aromatic N) is 1. The average Bonchev–Trinajstić information content (AvgIpc) is 2.42. The Balaban J connectivity index is 0.00000128. The summed E-state index contributed by atoms with van der Waals surface area (Å²) in [5.41, 5.74) is 0.0261. The maximum atomic E-state index is 11.9. The maximum absolute atomic E-state index is 11.9. The summed E-state index contributed by atoms with van der Waals surface area (Å²) in [6.07, 6.45) is 2.47. The van der Waals surface area contributed by atoms with Crippen LogP contribution in [0.3, 0.4) is 0 Å². The second-order valence-corrected chi connectivity index (χ2v) is 5.05. The molecular formula is C11H21ClN2O2. The Morgan fingerprint density at radius 3 is 2.62 bits per heavy atom. The monoisotopic (exact) mass is 248 g/mol. The van der Waals surface area contributed by atoms with Crippen molar-refractivity contribution in [3.8, 4) is 0 Å². The standard InChI is InChI=1S/C11H20N2O2.ClH/c1-11(2)4-3-5-13(11)10(14)8-15-9-6-12-7-9;/h9,12H,3-8H2,1-2H3;1H. The topological polar surface area (TPSA) is 41.6 Å². The van der Waals surface area contributed by atoms with Gasteiger partial charge in [-0.25, -0.2) is 0 Å². The van der Waals surface area contributed by atoms with E-state index in [1.807, 2.05) is 4.90 Å². The molecule has 2 aliphatic heterocycles. The van der Waals surface area contributed by atoms with E-state index in [0.29, 0.717) is 0 Å². The third-order valence-electron chi connectivity index (χ3n) is 3.39. The summed E-state index contributed by atoms with van der Waals surface area (Å²) in [6.45, 7) is 7.16. The third kappa shape index (κ3) is 2.87. The molecule has 94 valence electrons. The minimum Gasteiger partial charge on any atom is -0.366 e. The number of halogens is 1. The van der Waals surface area contributed by atoms with Gasteiger partial charge in [0.15, 0.2) is 0 Å². The Labute approximate surface area is 103 Å². The van der Waals surface area contributed by atoms with Gasteiger partial charge in [0.2, 0.25) is 5.91 Å². The first kappa shape index (κ1) is 13.7. The Bertz CT molecular complexity index is 254. The van der Waals surface area contributed by atoms with E-state index in [0.717, 1.165) is 32.5 Å². The van der Waals surface area contributed by atoms with Crippen LogP contribution in [0, 0.1) is 0 Å². The molecule has 0 atom stereocenters. The number of nitrogens with one attached hydrogen (secondary N) is 1. The van der Waals surface area contributed by atoms with Gasteiger partial charge in [-0.15, -0.1) is 12.4 Å². The molecule has 0 spiro atoms. The Hall–Kier alpha value is -0.320. The van der Waals surface area contributed by atoms with Crippen LogP contribution in [-0.4, -0.2) is 48.7 Å². The van der Waals surface area contributed by atoms with Crippen LogP contribution >= 0.6 is 12.4 Å². The lowest BCUT2D eigenvalue weighted by Gasteiger charge is -2.33. The van der Waals surface area contributed by atoms with Gasteiger partial charge in [-0.05, 0) is 26.7 Å². The fourth-order valence-electron chi connectivity index (χ4n) is 2.22. The van der Waals surface area contributed by atoms with Crippen LogP contribution in [-0.2, 0) is 9.53 Å². The molecule has 16 heavy (non-hydrogen) atoms. The molecular weight excluding hydrogens is 228 g/mol. The molecule has 1 N–H and O–H groups in total. The van der Waals surface area contributed by atoms with Crippen molar-refractivity contribution in [2.75, 3.05) is 26.2 Å². The summed E-state index contributed by atoms with van der Waals surface area (Å²) in [7, 11) is 0. The summed E-state index contributed by atoms with van der Waals surface area (Å²) in [5.74, 6) is 0.143. The summed E-state index contributed by atoms with van der Waals surface area (Å²) in [6, 6.07) is 0. The molecule has 2 heterocycles. The molecule has 1 amide bonds. The number of hydrogen-bond donors (Lipinski definition) is 1. The van der Waals surface area contributed by atoms with Gasteiger partial charge in [0, 0.05) is 25.2 Å². The smallest absolute Gasteiger partial charge is 0.249 e. The summed E-state index contributed by atoms with van der Waals surface area (Å²) >= 11 is 0. The normalized spacial score (nSPS) is 23.8. The highest BCUT2D eigenvalue weighted by Crippen LogP contribution is 2.28. The van der Waals surface area contributed by atoms with Gasteiger partial charge in [0.25, 0.3) is 0 Å². The average molecular weight is 249 g/mol. The molecule has 2 rings (SSSR count). The van der Waals surface area contributed by atoms with Crippen LogP contribution in [0.15, 0.2) is 0 Å². The molecule has 0 aromatic rings. The second kappa shape index (κ2) is 5.34. The molecule has 4 nitrogen and oxygen atoms in total. The predicted molar refractivity (Wildman–Crippen MR) is 64.9 cm³/mol. The van der Waals surface area contributed by atoms with Crippen molar-refractivity contribution in [2.45, 2.75) is 38.3 Å². The number of hydrogen-bond acceptors (Lipinski definition) is 3. The highest BCUT2D eigenvalue weighted by molar-refractivity contribution is 5.85. The van der Waals surface area contributed by atoms with Crippen molar-refractivity contribution in [1.82, 2.24) is 10.2 Å². The van der Waals surface area contributed by atoms with Crippen LogP contribution < -0.4 is 5.32 Å². The molecule has 0 aromatic carbocycles. The number of rotatable bonds is 3. The van der Waals surface area contributed by atoms with Gasteiger partial charge >= 0.3 is 0 Å². The largest absolute Gasteiger partial charge is 0.366 e. The van der Waals surface area contributed by atoms with Gasteiger partial charge in [0.05, 0.1) is 6.10 Å². The van der Waals surface area contributed by atoms with E-state index in [9.17, 15) is 4.79 Å². The summed E-state index contributed by atoms with van der Waals surface area (Å²) in [5, 5.41) is 3.12. The van der Waals surface area contributed by atoms with E-state index < -0.39 is 0 Å². The van der Waals surface area contributed by atoms with Crippen LogP contribution in [0.25, 0.3) is 0 Å². The van der Waals surface area contributed by atoms with Crippen molar-refractivity contribution in [1.29, 1.82) is 0 Å². The zero-order valence-electron chi connectivity index (χ0n) is 9.99. The number of ether oxygens (including phenoxy) is 1. The quantitative estimate of drug-likeness (QED) is 0.803. The summed E-state index contributed by atoms with van der Waals surface area (Å²) in [4.78, 5) is 13.8. The van der Waals surface area contributed by atoms with Gasteiger partial charge < -0.3 is 15.0 Å². The maximum Gasteiger partial charge on any atom is 0.249 e. The van der Waals surface area contributed by atoms with E-state index in [4.69, 9.17) is 4.74 Å². The second-order valence-electron chi connectivity index (χ2n) is 5.05. The molecule has 2 aliphatic rings. The predicted octanol–water partition coefficient (Wildman–Crippen LogP) is 0.798. The molecule has 0 aliphatic carbocycles. The van der Waals surface area contributed by atoms with Crippen molar-refractivity contribution < 1.29 is 9.53 Å². The van der Waals surface area contributed by atoms with Crippen LogP contribution in [0.1, 0.15) is 26.7 Å². The minimum atomic E-state index is 0. The van der Waals surface area contributed by atoms with Crippen molar-refractivity contribution in [3.05, 3.63) is 0 Å².